The van der Waals surface area contributed by atoms with Crippen molar-refractivity contribution < 1.29 is 10.0 Å². The van der Waals surface area contributed by atoms with Gasteiger partial charge in [-0.1, -0.05) is 54.6 Å². The largest absolute Gasteiger partial charge is 0.363 e. The van der Waals surface area contributed by atoms with Crippen LogP contribution in [0.5, 0.6) is 0 Å². The van der Waals surface area contributed by atoms with Gasteiger partial charge in [0, 0.05) is 50.9 Å². The number of carbonyl (C=O) groups is 1. The van der Waals surface area contributed by atoms with Gasteiger partial charge in [-0.25, -0.2) is 15.4 Å². The Hall–Kier alpha value is -3.79. The van der Waals surface area contributed by atoms with Crippen LogP contribution in [0.25, 0.3) is 22.3 Å². The molecule has 1 aliphatic rings. The normalized spacial score (nSPS) is 15.4. The van der Waals surface area contributed by atoms with Crippen molar-refractivity contribution in [1.82, 2.24) is 30.2 Å². The van der Waals surface area contributed by atoms with Crippen molar-refractivity contribution in [2.45, 2.75) is 32.4 Å². The van der Waals surface area contributed by atoms with E-state index < -0.39 is 0 Å². The van der Waals surface area contributed by atoms with Crippen molar-refractivity contribution in [2.24, 2.45) is 0 Å². The van der Waals surface area contributed by atoms with Crippen LogP contribution < -0.4 is 10.8 Å². The van der Waals surface area contributed by atoms with E-state index in [0.29, 0.717) is 6.42 Å². The molecule has 0 radical (unpaired) electrons. The monoisotopic (exact) mass is 513 g/mol. The van der Waals surface area contributed by atoms with Crippen LogP contribution in [0.2, 0.25) is 0 Å². The van der Waals surface area contributed by atoms with E-state index in [1.807, 2.05) is 18.2 Å². The minimum absolute atomic E-state index is 0.126. The third-order valence-corrected chi connectivity index (χ3v) is 7.22. The van der Waals surface area contributed by atoms with Crippen LogP contribution in [-0.4, -0.2) is 68.6 Å². The first kappa shape index (κ1) is 25.8. The summed E-state index contributed by atoms with van der Waals surface area (Å²) in [6.07, 6.45) is 2.71. The second-order valence-corrected chi connectivity index (χ2v) is 9.90. The quantitative estimate of drug-likeness (QED) is 0.186. The fourth-order valence-electron chi connectivity index (χ4n) is 4.98. The van der Waals surface area contributed by atoms with E-state index in [2.05, 4.69) is 79.5 Å². The molecule has 198 valence electrons. The number of amides is 1. The van der Waals surface area contributed by atoms with Crippen LogP contribution in [-0.2, 0) is 11.3 Å². The summed E-state index contributed by atoms with van der Waals surface area (Å²) >= 11 is 0. The Balaban J connectivity index is 1.18. The van der Waals surface area contributed by atoms with Gasteiger partial charge in [-0.2, -0.15) is 0 Å². The summed E-state index contributed by atoms with van der Waals surface area (Å²) in [7, 11) is 0. The molecular formula is C29H35N7O2. The Morgan fingerprint density at radius 1 is 1.03 bits per heavy atom. The van der Waals surface area contributed by atoms with Crippen LogP contribution in [0, 0.1) is 0 Å². The van der Waals surface area contributed by atoms with Gasteiger partial charge < -0.3 is 15.2 Å². The summed E-state index contributed by atoms with van der Waals surface area (Å²) in [6.45, 7) is 7.94. The molecule has 0 saturated carbocycles. The highest BCUT2D eigenvalue weighted by Gasteiger charge is 2.17. The number of nitrogens with zero attached hydrogens (tertiary/aromatic N) is 4. The van der Waals surface area contributed by atoms with Gasteiger partial charge in [-0.05, 0) is 42.6 Å². The highest BCUT2D eigenvalue weighted by Crippen LogP contribution is 2.29. The number of hydrogen-bond donors (Lipinski definition) is 4. The first-order chi connectivity index (χ1) is 18.6. The summed E-state index contributed by atoms with van der Waals surface area (Å²) in [5.74, 6) is 0.503. The predicted molar refractivity (Wildman–Crippen MR) is 149 cm³/mol. The molecule has 2 aromatic carbocycles. The van der Waals surface area contributed by atoms with Gasteiger partial charge in [-0.3, -0.25) is 14.9 Å². The second kappa shape index (κ2) is 12.2. The lowest BCUT2D eigenvalue weighted by atomic mass is 10.1. The molecule has 1 saturated heterocycles. The molecule has 9 heteroatoms. The minimum atomic E-state index is -0.317. The van der Waals surface area contributed by atoms with Gasteiger partial charge in [0.05, 0.1) is 5.39 Å². The van der Waals surface area contributed by atoms with E-state index in [-0.39, 0.29) is 11.9 Å². The standard InChI is InChI=1S/C29H35N7O2/c1-21(23-6-3-2-4-7-23)32-28-25-18-26(33-29(25)31-20-30-28)24-11-9-22(10-12-24)19-36-16-14-35(15-17-36)13-5-8-27(37)34-38/h2-4,6-7,9-12,18,20-21,38H,5,8,13-17,19H2,1H3,(H,34,37)(H2,30,31,32,33)/t21-/m1/s1. The summed E-state index contributed by atoms with van der Waals surface area (Å²) in [4.78, 5) is 28.4. The van der Waals surface area contributed by atoms with E-state index >= 15 is 0 Å². The SMILES string of the molecule is C[C@@H](Nc1ncnc2[nH]c(-c3ccc(CN4CCN(CCCC(=O)NO)CC4)cc3)cc12)c1ccccc1. The number of aromatic amines is 1. The zero-order valence-corrected chi connectivity index (χ0v) is 21.7. The van der Waals surface area contributed by atoms with Crippen molar-refractivity contribution in [3.8, 4) is 11.3 Å². The number of aromatic nitrogens is 3. The zero-order valence-electron chi connectivity index (χ0n) is 21.7. The molecule has 1 amide bonds. The highest BCUT2D eigenvalue weighted by molar-refractivity contribution is 5.91. The summed E-state index contributed by atoms with van der Waals surface area (Å²) < 4.78 is 0. The third-order valence-electron chi connectivity index (χ3n) is 7.22. The lowest BCUT2D eigenvalue weighted by Gasteiger charge is -2.34. The Kier molecular flexibility index (Phi) is 8.28. The van der Waals surface area contributed by atoms with Gasteiger partial charge in [0.1, 0.15) is 17.8 Å². The molecule has 0 unspecified atom stereocenters. The predicted octanol–water partition coefficient (Wildman–Crippen LogP) is 4.20. The van der Waals surface area contributed by atoms with E-state index in [1.54, 1.807) is 11.8 Å². The summed E-state index contributed by atoms with van der Waals surface area (Å²) in [5.41, 5.74) is 7.14. The Labute approximate surface area is 222 Å². The van der Waals surface area contributed by atoms with Crippen molar-refractivity contribution >= 4 is 22.8 Å². The number of piperazine rings is 1. The number of H-pyrrole nitrogens is 1. The summed E-state index contributed by atoms with van der Waals surface area (Å²) in [6, 6.07) is 21.3. The van der Waals surface area contributed by atoms with E-state index in [0.717, 1.165) is 73.8 Å². The average Bonchev–Trinajstić information content (AvgIpc) is 3.40. The molecule has 0 spiro atoms. The van der Waals surface area contributed by atoms with Gasteiger partial charge in [0.2, 0.25) is 5.91 Å². The van der Waals surface area contributed by atoms with Crippen molar-refractivity contribution in [3.05, 3.63) is 78.1 Å². The lowest BCUT2D eigenvalue weighted by Crippen LogP contribution is -2.46. The number of fused-ring (bicyclic) bond motifs is 1. The molecule has 1 atom stereocenters. The molecule has 2 aromatic heterocycles. The van der Waals surface area contributed by atoms with Crippen LogP contribution in [0.3, 0.4) is 0 Å². The van der Waals surface area contributed by atoms with Crippen LogP contribution in [0.4, 0.5) is 5.82 Å². The molecule has 0 bridgehead atoms. The lowest BCUT2D eigenvalue weighted by molar-refractivity contribution is -0.129. The smallest absolute Gasteiger partial charge is 0.243 e. The van der Waals surface area contributed by atoms with E-state index in [1.165, 1.54) is 11.1 Å². The average molecular weight is 514 g/mol. The maximum atomic E-state index is 11.2. The van der Waals surface area contributed by atoms with E-state index in [4.69, 9.17) is 5.21 Å². The number of rotatable bonds is 10. The van der Waals surface area contributed by atoms with Crippen LogP contribution in [0.15, 0.2) is 67.0 Å². The number of carbonyl (C=O) groups excluding carboxylic acids is 1. The highest BCUT2D eigenvalue weighted by atomic mass is 16.5. The Morgan fingerprint density at radius 3 is 2.50 bits per heavy atom. The second-order valence-electron chi connectivity index (χ2n) is 9.90. The molecule has 5 rings (SSSR count). The van der Waals surface area contributed by atoms with Crippen LogP contribution >= 0.6 is 0 Å². The molecule has 4 N–H and O–H groups in total. The van der Waals surface area contributed by atoms with Gasteiger partial charge >= 0.3 is 0 Å². The van der Waals surface area contributed by atoms with Crippen LogP contribution in [0.1, 0.15) is 36.9 Å². The maximum Gasteiger partial charge on any atom is 0.243 e. The first-order valence-electron chi connectivity index (χ1n) is 13.2. The number of nitrogens with one attached hydrogen (secondary N) is 3. The van der Waals surface area contributed by atoms with Crippen molar-refractivity contribution in [2.75, 3.05) is 38.0 Å². The molecule has 1 aliphatic heterocycles. The first-order valence-corrected chi connectivity index (χ1v) is 13.2. The fraction of sp³-hybridized carbons (Fsp3) is 0.345. The van der Waals surface area contributed by atoms with Crippen molar-refractivity contribution in [1.29, 1.82) is 0 Å². The third kappa shape index (κ3) is 6.36. The zero-order chi connectivity index (χ0) is 26.3. The van der Waals surface area contributed by atoms with Crippen molar-refractivity contribution in [3.63, 3.8) is 0 Å². The Bertz CT molecular complexity index is 1330. The fourth-order valence-corrected chi connectivity index (χ4v) is 4.98. The number of benzene rings is 2. The molecular weight excluding hydrogens is 478 g/mol. The molecule has 9 nitrogen and oxygen atoms in total. The molecule has 0 aliphatic carbocycles. The number of hydrogen-bond acceptors (Lipinski definition) is 7. The van der Waals surface area contributed by atoms with Gasteiger partial charge in [0.25, 0.3) is 0 Å². The minimum Gasteiger partial charge on any atom is -0.363 e. The summed E-state index contributed by atoms with van der Waals surface area (Å²) in [5, 5.41) is 13.1. The Morgan fingerprint density at radius 2 is 1.76 bits per heavy atom. The number of anilines is 1. The van der Waals surface area contributed by atoms with Gasteiger partial charge in [0.15, 0.2) is 0 Å². The van der Waals surface area contributed by atoms with E-state index in [9.17, 15) is 4.79 Å². The molecule has 3 heterocycles. The van der Waals surface area contributed by atoms with Gasteiger partial charge in [-0.15, -0.1) is 0 Å². The molecule has 38 heavy (non-hydrogen) atoms. The molecule has 1 fully saturated rings. The number of hydroxylamine groups is 1. The maximum absolute atomic E-state index is 11.2. The molecule has 4 aromatic rings. The topological polar surface area (TPSA) is 109 Å².